The SMILES string of the molecule is CC(C)Oc1cccc(C(=O)c2cc(F)ccc2N)c1. The summed E-state index contributed by atoms with van der Waals surface area (Å²) in [5, 5.41) is 0. The fourth-order valence-electron chi connectivity index (χ4n) is 1.86. The van der Waals surface area contributed by atoms with E-state index in [4.69, 9.17) is 10.5 Å². The molecule has 0 radical (unpaired) electrons. The van der Waals surface area contributed by atoms with Crippen molar-refractivity contribution in [2.24, 2.45) is 0 Å². The molecule has 0 saturated heterocycles. The molecule has 2 N–H and O–H groups in total. The Kier molecular flexibility index (Phi) is 4.03. The van der Waals surface area contributed by atoms with Gasteiger partial charge in [-0.2, -0.15) is 0 Å². The maximum Gasteiger partial charge on any atom is 0.195 e. The molecule has 0 aliphatic heterocycles. The third kappa shape index (κ3) is 3.15. The topological polar surface area (TPSA) is 52.3 Å². The third-order valence-electron chi connectivity index (χ3n) is 2.73. The van der Waals surface area contributed by atoms with Crippen LogP contribution in [-0.4, -0.2) is 11.9 Å². The van der Waals surface area contributed by atoms with E-state index in [-0.39, 0.29) is 23.1 Å². The van der Waals surface area contributed by atoms with Crippen LogP contribution in [0.1, 0.15) is 29.8 Å². The molecule has 0 saturated carbocycles. The zero-order valence-electron chi connectivity index (χ0n) is 11.4. The van der Waals surface area contributed by atoms with Crippen LogP contribution in [0.15, 0.2) is 42.5 Å². The normalized spacial score (nSPS) is 10.6. The van der Waals surface area contributed by atoms with Crippen LogP contribution in [0.2, 0.25) is 0 Å². The van der Waals surface area contributed by atoms with Gasteiger partial charge in [0.1, 0.15) is 11.6 Å². The molecule has 0 heterocycles. The Balaban J connectivity index is 2.35. The number of rotatable bonds is 4. The average molecular weight is 273 g/mol. The summed E-state index contributed by atoms with van der Waals surface area (Å²) < 4.78 is 18.8. The lowest BCUT2D eigenvalue weighted by Crippen LogP contribution is -2.08. The van der Waals surface area contributed by atoms with Gasteiger partial charge in [-0.1, -0.05) is 12.1 Å². The molecular weight excluding hydrogens is 257 g/mol. The highest BCUT2D eigenvalue weighted by molar-refractivity contribution is 6.12. The van der Waals surface area contributed by atoms with Crippen molar-refractivity contribution in [3.05, 3.63) is 59.4 Å². The number of carbonyl (C=O) groups is 1. The first kappa shape index (κ1) is 14.1. The van der Waals surface area contributed by atoms with Gasteiger partial charge in [0.15, 0.2) is 5.78 Å². The van der Waals surface area contributed by atoms with E-state index in [0.717, 1.165) is 6.07 Å². The van der Waals surface area contributed by atoms with Crippen molar-refractivity contribution >= 4 is 11.5 Å². The number of hydrogen-bond donors (Lipinski definition) is 1. The van der Waals surface area contributed by atoms with Crippen molar-refractivity contribution in [2.75, 3.05) is 5.73 Å². The molecule has 0 aromatic heterocycles. The lowest BCUT2D eigenvalue weighted by atomic mass is 10.0. The lowest BCUT2D eigenvalue weighted by molar-refractivity contribution is 0.103. The number of carbonyl (C=O) groups excluding carboxylic acids is 1. The molecule has 0 unspecified atom stereocenters. The first-order valence-electron chi connectivity index (χ1n) is 6.34. The maximum atomic E-state index is 13.2. The summed E-state index contributed by atoms with van der Waals surface area (Å²) in [7, 11) is 0. The summed E-state index contributed by atoms with van der Waals surface area (Å²) in [5.41, 5.74) is 6.56. The highest BCUT2D eigenvalue weighted by atomic mass is 19.1. The van der Waals surface area contributed by atoms with Gasteiger partial charge in [-0.05, 0) is 44.2 Å². The molecule has 104 valence electrons. The zero-order chi connectivity index (χ0) is 14.7. The van der Waals surface area contributed by atoms with Crippen LogP contribution in [0.25, 0.3) is 0 Å². The zero-order valence-corrected chi connectivity index (χ0v) is 11.4. The molecule has 0 spiro atoms. The minimum atomic E-state index is -0.489. The number of nitrogen functional groups attached to an aromatic ring is 1. The molecule has 0 atom stereocenters. The Hall–Kier alpha value is -2.36. The molecule has 0 aliphatic rings. The molecule has 0 fully saturated rings. The van der Waals surface area contributed by atoms with Crippen LogP contribution < -0.4 is 10.5 Å². The maximum absolute atomic E-state index is 13.2. The van der Waals surface area contributed by atoms with Gasteiger partial charge in [-0.15, -0.1) is 0 Å². The standard InChI is InChI=1S/C16H16FNO2/c1-10(2)20-13-5-3-4-11(8-13)16(19)14-9-12(17)6-7-15(14)18/h3-10H,18H2,1-2H3. The Morgan fingerprint density at radius 3 is 2.65 bits per heavy atom. The van der Waals surface area contributed by atoms with Crippen molar-refractivity contribution in [1.29, 1.82) is 0 Å². The van der Waals surface area contributed by atoms with Crippen LogP contribution in [0, 0.1) is 5.82 Å². The van der Waals surface area contributed by atoms with E-state index in [1.165, 1.54) is 12.1 Å². The molecule has 2 aromatic rings. The third-order valence-corrected chi connectivity index (χ3v) is 2.73. The Morgan fingerprint density at radius 2 is 1.95 bits per heavy atom. The predicted molar refractivity (Wildman–Crippen MR) is 76.5 cm³/mol. The van der Waals surface area contributed by atoms with E-state index in [1.54, 1.807) is 24.3 Å². The van der Waals surface area contributed by atoms with E-state index in [9.17, 15) is 9.18 Å². The Bertz CT molecular complexity index is 638. The van der Waals surface area contributed by atoms with Gasteiger partial charge in [0.25, 0.3) is 0 Å². The smallest absolute Gasteiger partial charge is 0.195 e. The average Bonchev–Trinajstić information content (AvgIpc) is 2.40. The summed E-state index contributed by atoms with van der Waals surface area (Å²) in [5.74, 6) is -0.214. The number of halogens is 1. The van der Waals surface area contributed by atoms with Crippen molar-refractivity contribution in [3.63, 3.8) is 0 Å². The summed E-state index contributed by atoms with van der Waals surface area (Å²) >= 11 is 0. The molecule has 3 nitrogen and oxygen atoms in total. The van der Waals surface area contributed by atoms with Gasteiger partial charge in [0.2, 0.25) is 0 Å². The van der Waals surface area contributed by atoms with E-state index < -0.39 is 5.82 Å². The van der Waals surface area contributed by atoms with Crippen LogP contribution >= 0.6 is 0 Å². The summed E-state index contributed by atoms with van der Waals surface area (Å²) in [6.45, 7) is 3.80. The van der Waals surface area contributed by atoms with Gasteiger partial charge in [0.05, 0.1) is 6.10 Å². The predicted octanol–water partition coefficient (Wildman–Crippen LogP) is 3.43. The second-order valence-electron chi connectivity index (χ2n) is 4.76. The highest BCUT2D eigenvalue weighted by Crippen LogP contribution is 2.21. The monoisotopic (exact) mass is 273 g/mol. The summed E-state index contributed by atoms with van der Waals surface area (Å²) in [6.07, 6.45) is 0.0135. The quantitative estimate of drug-likeness (QED) is 0.686. The number of anilines is 1. The molecule has 2 aromatic carbocycles. The minimum Gasteiger partial charge on any atom is -0.491 e. The van der Waals surface area contributed by atoms with Crippen LogP contribution in [-0.2, 0) is 0 Å². The fraction of sp³-hybridized carbons (Fsp3) is 0.188. The highest BCUT2D eigenvalue weighted by Gasteiger charge is 2.14. The Labute approximate surface area is 117 Å². The summed E-state index contributed by atoms with van der Waals surface area (Å²) in [6, 6.07) is 10.5. The fourth-order valence-corrected chi connectivity index (χ4v) is 1.86. The molecule has 4 heteroatoms. The number of benzene rings is 2. The second kappa shape index (κ2) is 5.74. The van der Waals surface area contributed by atoms with E-state index in [0.29, 0.717) is 11.3 Å². The number of hydrogen-bond acceptors (Lipinski definition) is 3. The van der Waals surface area contributed by atoms with E-state index in [2.05, 4.69) is 0 Å². The van der Waals surface area contributed by atoms with Crippen molar-refractivity contribution < 1.29 is 13.9 Å². The van der Waals surface area contributed by atoms with Crippen molar-refractivity contribution in [3.8, 4) is 5.75 Å². The van der Waals surface area contributed by atoms with E-state index >= 15 is 0 Å². The van der Waals surface area contributed by atoms with Crippen molar-refractivity contribution in [2.45, 2.75) is 20.0 Å². The number of ketones is 1. The molecule has 0 aliphatic carbocycles. The molecule has 0 amide bonds. The van der Waals surface area contributed by atoms with Crippen LogP contribution in [0.3, 0.4) is 0 Å². The minimum absolute atomic E-state index is 0.0135. The van der Waals surface area contributed by atoms with Crippen molar-refractivity contribution in [1.82, 2.24) is 0 Å². The number of nitrogens with two attached hydrogens (primary N) is 1. The van der Waals surface area contributed by atoms with Gasteiger partial charge in [-0.25, -0.2) is 4.39 Å². The van der Waals surface area contributed by atoms with Crippen LogP contribution in [0.5, 0.6) is 5.75 Å². The van der Waals surface area contributed by atoms with Gasteiger partial charge < -0.3 is 10.5 Å². The number of ether oxygens (including phenoxy) is 1. The van der Waals surface area contributed by atoms with E-state index in [1.807, 2.05) is 13.8 Å². The molecule has 0 bridgehead atoms. The van der Waals surface area contributed by atoms with Gasteiger partial charge >= 0.3 is 0 Å². The molecular formula is C16H16FNO2. The van der Waals surface area contributed by atoms with Gasteiger partial charge in [0, 0.05) is 16.8 Å². The second-order valence-corrected chi connectivity index (χ2v) is 4.76. The molecule has 2 rings (SSSR count). The largest absolute Gasteiger partial charge is 0.491 e. The van der Waals surface area contributed by atoms with Gasteiger partial charge in [-0.3, -0.25) is 4.79 Å². The first-order chi connectivity index (χ1) is 9.47. The Morgan fingerprint density at radius 1 is 1.20 bits per heavy atom. The first-order valence-corrected chi connectivity index (χ1v) is 6.34. The van der Waals surface area contributed by atoms with Crippen LogP contribution in [0.4, 0.5) is 10.1 Å². The summed E-state index contributed by atoms with van der Waals surface area (Å²) in [4.78, 5) is 12.4. The lowest BCUT2D eigenvalue weighted by Gasteiger charge is -2.11. The molecule has 20 heavy (non-hydrogen) atoms.